The lowest BCUT2D eigenvalue weighted by Crippen LogP contribution is -2.14. The predicted molar refractivity (Wildman–Crippen MR) is 74.9 cm³/mol. The summed E-state index contributed by atoms with van der Waals surface area (Å²) < 4.78 is 0. The van der Waals surface area contributed by atoms with E-state index in [0.717, 1.165) is 22.9 Å². The Labute approximate surface area is 110 Å². The van der Waals surface area contributed by atoms with Crippen molar-refractivity contribution in [3.63, 3.8) is 0 Å². The second-order valence-electron chi connectivity index (χ2n) is 3.73. The molecule has 0 aliphatic rings. The van der Waals surface area contributed by atoms with Crippen LogP contribution in [0.15, 0.2) is 24.3 Å². The van der Waals surface area contributed by atoms with Gasteiger partial charge in [0.05, 0.1) is 5.75 Å². The number of carboxylic acids is 1. The molecule has 0 aliphatic heterocycles. The highest BCUT2D eigenvalue weighted by Crippen LogP contribution is 2.17. The first-order chi connectivity index (χ1) is 8.52. The minimum atomic E-state index is -0.981. The Morgan fingerprint density at radius 1 is 1.44 bits per heavy atom. The highest BCUT2D eigenvalue weighted by Gasteiger charge is 2.04. The Bertz CT molecular complexity index is 483. The Kier molecular flexibility index (Phi) is 5.45. The topological polar surface area (TPSA) is 66.4 Å². The minimum absolute atomic E-state index is 0.0422. The molecule has 0 spiro atoms. The predicted octanol–water partition coefficient (Wildman–Crippen LogP) is 2.39. The van der Waals surface area contributed by atoms with Gasteiger partial charge in [-0.15, -0.1) is 0 Å². The molecule has 0 aliphatic carbocycles. The summed E-state index contributed by atoms with van der Waals surface area (Å²) in [5.41, 5.74) is 2.44. The summed E-state index contributed by atoms with van der Waals surface area (Å²) in [6.07, 6.45) is 4.47. The number of rotatable bonds is 5. The second kappa shape index (κ2) is 6.86. The third-order valence-electron chi connectivity index (χ3n) is 2.22. The molecule has 1 aromatic carbocycles. The van der Waals surface area contributed by atoms with Crippen molar-refractivity contribution < 1.29 is 14.7 Å². The lowest BCUT2D eigenvalue weighted by atomic mass is 10.1. The second-order valence-corrected chi connectivity index (χ2v) is 4.59. The molecule has 18 heavy (non-hydrogen) atoms. The number of carboxylic acid groups (broad SMARTS) is 1. The third-order valence-corrected chi connectivity index (χ3v) is 2.77. The molecule has 1 amide bonds. The van der Waals surface area contributed by atoms with Gasteiger partial charge in [0, 0.05) is 11.8 Å². The van der Waals surface area contributed by atoms with Crippen molar-refractivity contribution >= 4 is 35.4 Å². The maximum atomic E-state index is 11.4. The van der Waals surface area contributed by atoms with Gasteiger partial charge in [0.15, 0.2) is 0 Å². The van der Waals surface area contributed by atoms with Crippen molar-refractivity contribution in [2.75, 3.05) is 17.3 Å². The van der Waals surface area contributed by atoms with Crippen molar-refractivity contribution in [2.24, 2.45) is 0 Å². The quantitative estimate of drug-likeness (QED) is 0.802. The molecule has 0 aromatic heterocycles. The van der Waals surface area contributed by atoms with Crippen LogP contribution < -0.4 is 5.32 Å². The van der Waals surface area contributed by atoms with Gasteiger partial charge in [-0.05, 0) is 42.5 Å². The summed E-state index contributed by atoms with van der Waals surface area (Å²) in [5.74, 6) is -0.607. The van der Waals surface area contributed by atoms with E-state index in [1.807, 2.05) is 19.2 Å². The smallest absolute Gasteiger partial charge is 0.328 e. The zero-order valence-electron chi connectivity index (χ0n) is 10.3. The zero-order chi connectivity index (χ0) is 13.5. The van der Waals surface area contributed by atoms with Crippen LogP contribution in [0.25, 0.3) is 6.08 Å². The first-order valence-electron chi connectivity index (χ1n) is 5.33. The molecule has 0 saturated carbocycles. The van der Waals surface area contributed by atoms with Crippen molar-refractivity contribution in [1.82, 2.24) is 0 Å². The van der Waals surface area contributed by atoms with E-state index in [-0.39, 0.29) is 5.91 Å². The molecule has 0 radical (unpaired) electrons. The van der Waals surface area contributed by atoms with E-state index < -0.39 is 5.97 Å². The Hall–Kier alpha value is -1.75. The van der Waals surface area contributed by atoms with Crippen molar-refractivity contribution in [3.05, 3.63) is 35.4 Å². The summed E-state index contributed by atoms with van der Waals surface area (Å²) in [7, 11) is 0. The average molecular weight is 265 g/mol. The maximum absolute atomic E-state index is 11.4. The van der Waals surface area contributed by atoms with Gasteiger partial charge in [0.25, 0.3) is 0 Å². The van der Waals surface area contributed by atoms with Gasteiger partial charge in [0.1, 0.15) is 0 Å². The number of aliphatic carboxylic acids is 1. The van der Waals surface area contributed by atoms with E-state index in [1.165, 1.54) is 17.8 Å². The highest BCUT2D eigenvalue weighted by molar-refractivity contribution is 7.99. The molecule has 4 nitrogen and oxygen atoms in total. The van der Waals surface area contributed by atoms with Gasteiger partial charge in [-0.3, -0.25) is 4.79 Å². The lowest BCUT2D eigenvalue weighted by molar-refractivity contribution is -0.131. The third kappa shape index (κ3) is 4.63. The van der Waals surface area contributed by atoms with Crippen LogP contribution in [0.4, 0.5) is 5.69 Å². The first-order valence-corrected chi connectivity index (χ1v) is 6.72. The van der Waals surface area contributed by atoms with Gasteiger partial charge >= 0.3 is 5.97 Å². The fourth-order valence-corrected chi connectivity index (χ4v) is 1.75. The van der Waals surface area contributed by atoms with Crippen molar-refractivity contribution in [1.29, 1.82) is 0 Å². The number of carbonyl (C=O) groups excluding carboxylic acids is 1. The maximum Gasteiger partial charge on any atom is 0.328 e. The molecule has 0 unspecified atom stereocenters. The van der Waals surface area contributed by atoms with Crippen molar-refractivity contribution in [2.45, 2.75) is 6.92 Å². The number of nitrogens with one attached hydrogen (secondary N) is 1. The van der Waals surface area contributed by atoms with Gasteiger partial charge in [-0.1, -0.05) is 6.07 Å². The molecule has 0 saturated heterocycles. The Morgan fingerprint density at radius 2 is 2.17 bits per heavy atom. The average Bonchev–Trinajstić information content (AvgIpc) is 2.30. The van der Waals surface area contributed by atoms with Gasteiger partial charge in [-0.25, -0.2) is 4.79 Å². The van der Waals surface area contributed by atoms with E-state index >= 15 is 0 Å². The molecule has 1 rings (SSSR count). The van der Waals surface area contributed by atoms with Crippen LogP contribution in [-0.2, 0) is 9.59 Å². The largest absolute Gasteiger partial charge is 0.478 e. The molecule has 96 valence electrons. The monoisotopic (exact) mass is 265 g/mol. The molecule has 0 atom stereocenters. The van der Waals surface area contributed by atoms with E-state index in [1.54, 1.807) is 12.1 Å². The molecule has 2 N–H and O–H groups in total. The fourth-order valence-electron chi connectivity index (χ4n) is 1.42. The van der Waals surface area contributed by atoms with Crippen LogP contribution in [-0.4, -0.2) is 29.0 Å². The number of carbonyl (C=O) groups is 2. The summed E-state index contributed by atoms with van der Waals surface area (Å²) in [6.45, 7) is 1.87. The Balaban J connectivity index is 2.79. The van der Waals surface area contributed by atoms with E-state index in [4.69, 9.17) is 5.11 Å². The Morgan fingerprint density at radius 3 is 2.72 bits per heavy atom. The van der Waals surface area contributed by atoms with Crippen LogP contribution in [0.5, 0.6) is 0 Å². The number of hydrogen-bond acceptors (Lipinski definition) is 3. The van der Waals surface area contributed by atoms with Crippen LogP contribution in [0.3, 0.4) is 0 Å². The molecule has 0 heterocycles. The zero-order valence-corrected chi connectivity index (χ0v) is 11.1. The number of amides is 1. The number of anilines is 1. The summed E-state index contributed by atoms with van der Waals surface area (Å²) in [6, 6.07) is 5.37. The van der Waals surface area contributed by atoms with Gasteiger partial charge in [-0.2, -0.15) is 11.8 Å². The van der Waals surface area contributed by atoms with E-state index in [9.17, 15) is 9.59 Å². The first kappa shape index (κ1) is 14.3. The van der Waals surface area contributed by atoms with Gasteiger partial charge in [0.2, 0.25) is 5.91 Å². The molecular formula is C13H15NO3S. The molecular weight excluding hydrogens is 250 g/mol. The standard InChI is InChI=1S/C13H15NO3S/c1-9-7-10(4-6-13(16)17)3-5-11(9)14-12(15)8-18-2/h3-7H,8H2,1-2H3,(H,14,15)(H,16,17). The van der Waals surface area contributed by atoms with Crippen molar-refractivity contribution in [3.8, 4) is 0 Å². The normalized spacial score (nSPS) is 10.6. The lowest BCUT2D eigenvalue weighted by Gasteiger charge is -2.08. The van der Waals surface area contributed by atoms with Crippen LogP contribution in [0.2, 0.25) is 0 Å². The number of aryl methyl sites for hydroxylation is 1. The molecule has 1 aromatic rings. The highest BCUT2D eigenvalue weighted by atomic mass is 32.2. The van der Waals surface area contributed by atoms with Crippen LogP contribution >= 0.6 is 11.8 Å². The van der Waals surface area contributed by atoms with Crippen LogP contribution in [0.1, 0.15) is 11.1 Å². The van der Waals surface area contributed by atoms with Crippen LogP contribution in [0, 0.1) is 6.92 Å². The molecule has 5 heteroatoms. The summed E-state index contributed by atoms with van der Waals surface area (Å²) in [5, 5.41) is 11.3. The van der Waals surface area contributed by atoms with E-state index in [2.05, 4.69) is 5.32 Å². The number of hydrogen-bond donors (Lipinski definition) is 2. The number of thioether (sulfide) groups is 1. The fraction of sp³-hybridized carbons (Fsp3) is 0.231. The molecule has 0 fully saturated rings. The molecule has 0 bridgehead atoms. The summed E-state index contributed by atoms with van der Waals surface area (Å²) in [4.78, 5) is 21.8. The SMILES string of the molecule is CSCC(=O)Nc1ccc(C=CC(=O)O)cc1C. The van der Waals surface area contributed by atoms with Gasteiger partial charge < -0.3 is 10.4 Å². The number of benzene rings is 1. The summed E-state index contributed by atoms with van der Waals surface area (Å²) >= 11 is 1.46. The minimum Gasteiger partial charge on any atom is -0.478 e. The van der Waals surface area contributed by atoms with E-state index in [0.29, 0.717) is 5.75 Å².